The third kappa shape index (κ3) is 7.17. The van der Waals surface area contributed by atoms with Gasteiger partial charge in [-0.2, -0.15) is 0 Å². The lowest BCUT2D eigenvalue weighted by molar-refractivity contribution is -0.138. The fourth-order valence-electron chi connectivity index (χ4n) is 3.62. The summed E-state index contributed by atoms with van der Waals surface area (Å²) in [7, 11) is 0. The van der Waals surface area contributed by atoms with Crippen molar-refractivity contribution in [1.82, 2.24) is 15.3 Å². The van der Waals surface area contributed by atoms with E-state index in [-0.39, 0.29) is 24.3 Å². The molecule has 1 fully saturated rings. The molecule has 7 nitrogen and oxygen atoms in total. The Balaban J connectivity index is 2.19. The van der Waals surface area contributed by atoms with E-state index in [1.165, 1.54) is 0 Å². The van der Waals surface area contributed by atoms with Crippen LogP contribution in [0.1, 0.15) is 76.1 Å². The number of amides is 1. The van der Waals surface area contributed by atoms with Gasteiger partial charge in [0, 0.05) is 31.7 Å². The van der Waals surface area contributed by atoms with Crippen LogP contribution in [0.25, 0.3) is 0 Å². The number of carboxylic acid groups (broad SMARTS) is 1. The average molecular weight is 423 g/mol. The van der Waals surface area contributed by atoms with Crippen molar-refractivity contribution in [2.75, 3.05) is 23.7 Å². The van der Waals surface area contributed by atoms with Gasteiger partial charge in [-0.15, -0.1) is 11.8 Å². The summed E-state index contributed by atoms with van der Waals surface area (Å²) < 4.78 is 0. The summed E-state index contributed by atoms with van der Waals surface area (Å²) in [5.41, 5.74) is 0.529. The number of rotatable bonds is 11. The first kappa shape index (κ1) is 23.4. The average Bonchev–Trinajstić information content (AvgIpc) is 2.71. The first-order chi connectivity index (χ1) is 14.0. The van der Waals surface area contributed by atoms with Gasteiger partial charge in [-0.1, -0.05) is 27.2 Å². The second kappa shape index (κ2) is 12.0. The van der Waals surface area contributed by atoms with Crippen LogP contribution in [0.4, 0.5) is 5.95 Å². The molecule has 2 rings (SSSR count). The SMILES string of the molecule is CCCSc1nc(N2CCC[C@@H](CC(=O)O)C2)ncc1C(=O)NC(CC)CCC. The topological polar surface area (TPSA) is 95.4 Å². The molecule has 0 aliphatic carbocycles. The Morgan fingerprint density at radius 2 is 2.14 bits per heavy atom. The van der Waals surface area contributed by atoms with Gasteiger partial charge < -0.3 is 15.3 Å². The predicted molar refractivity (Wildman–Crippen MR) is 117 cm³/mol. The minimum Gasteiger partial charge on any atom is -0.481 e. The molecule has 0 aromatic carbocycles. The smallest absolute Gasteiger partial charge is 0.303 e. The van der Waals surface area contributed by atoms with Crippen LogP contribution in [0.2, 0.25) is 0 Å². The Morgan fingerprint density at radius 3 is 2.79 bits per heavy atom. The lowest BCUT2D eigenvalue weighted by Gasteiger charge is -2.32. The number of anilines is 1. The van der Waals surface area contributed by atoms with E-state index < -0.39 is 5.97 Å². The number of carbonyl (C=O) groups excluding carboxylic acids is 1. The Hall–Kier alpha value is -1.83. The number of hydrogen-bond acceptors (Lipinski definition) is 6. The minimum atomic E-state index is -0.762. The fourth-order valence-corrected chi connectivity index (χ4v) is 4.47. The maximum atomic E-state index is 12.9. The highest BCUT2D eigenvalue weighted by Gasteiger charge is 2.25. The maximum absolute atomic E-state index is 12.9. The first-order valence-electron chi connectivity index (χ1n) is 10.8. The van der Waals surface area contributed by atoms with Crippen LogP contribution in [-0.2, 0) is 4.79 Å². The summed E-state index contributed by atoms with van der Waals surface area (Å²) in [6.45, 7) is 7.75. The number of carboxylic acids is 1. The molecule has 162 valence electrons. The highest BCUT2D eigenvalue weighted by Crippen LogP contribution is 2.27. The second-order valence-electron chi connectivity index (χ2n) is 7.66. The van der Waals surface area contributed by atoms with Crippen LogP contribution in [-0.4, -0.2) is 51.8 Å². The zero-order chi connectivity index (χ0) is 21.2. The van der Waals surface area contributed by atoms with E-state index in [0.717, 1.165) is 50.8 Å². The molecule has 8 heteroatoms. The molecular formula is C21H34N4O3S. The normalized spacial score (nSPS) is 17.8. The Labute approximate surface area is 178 Å². The van der Waals surface area contributed by atoms with Gasteiger partial charge in [-0.3, -0.25) is 9.59 Å². The number of carbonyl (C=O) groups is 2. The van der Waals surface area contributed by atoms with Gasteiger partial charge in [-0.25, -0.2) is 9.97 Å². The zero-order valence-corrected chi connectivity index (χ0v) is 18.6. The maximum Gasteiger partial charge on any atom is 0.303 e. The highest BCUT2D eigenvalue weighted by atomic mass is 32.2. The van der Waals surface area contributed by atoms with Crippen LogP contribution in [0.5, 0.6) is 0 Å². The van der Waals surface area contributed by atoms with Gasteiger partial charge in [-0.05, 0) is 43.8 Å². The molecular weight excluding hydrogens is 388 g/mol. The van der Waals surface area contributed by atoms with E-state index in [2.05, 4.69) is 36.0 Å². The third-order valence-corrected chi connectivity index (χ3v) is 6.36. The standard InChI is InChI=1S/C21H34N4O3S/c1-4-8-16(6-3)23-19(28)17-13-22-21(24-20(17)29-11-5-2)25-10-7-9-15(14-25)12-18(26)27/h13,15-16H,4-12,14H2,1-3H3,(H,23,28)(H,26,27)/t15-,16?/m0/s1. The molecule has 2 N–H and O–H groups in total. The Morgan fingerprint density at radius 1 is 1.34 bits per heavy atom. The van der Waals surface area contributed by atoms with Gasteiger partial charge in [0.05, 0.1) is 5.56 Å². The van der Waals surface area contributed by atoms with E-state index in [0.29, 0.717) is 23.1 Å². The molecule has 0 bridgehead atoms. The molecule has 1 aliphatic heterocycles. The van der Waals surface area contributed by atoms with Crippen LogP contribution >= 0.6 is 11.8 Å². The molecule has 2 heterocycles. The monoisotopic (exact) mass is 422 g/mol. The van der Waals surface area contributed by atoms with Crippen molar-refractivity contribution in [3.63, 3.8) is 0 Å². The number of nitrogens with one attached hydrogen (secondary N) is 1. The molecule has 0 spiro atoms. The molecule has 0 radical (unpaired) electrons. The van der Waals surface area contributed by atoms with Gasteiger partial charge in [0.15, 0.2) is 0 Å². The molecule has 1 saturated heterocycles. The van der Waals surface area contributed by atoms with Gasteiger partial charge >= 0.3 is 5.97 Å². The van der Waals surface area contributed by atoms with E-state index in [4.69, 9.17) is 10.1 Å². The Bertz CT molecular complexity index is 686. The second-order valence-corrected chi connectivity index (χ2v) is 8.74. The molecule has 1 aromatic heterocycles. The van der Waals surface area contributed by atoms with Crippen LogP contribution in [0.15, 0.2) is 11.2 Å². The number of thioether (sulfide) groups is 1. The van der Waals surface area contributed by atoms with Crippen LogP contribution < -0.4 is 10.2 Å². The van der Waals surface area contributed by atoms with Crippen molar-refractivity contribution in [3.8, 4) is 0 Å². The summed E-state index contributed by atoms with van der Waals surface area (Å²) in [6, 6.07) is 0.162. The van der Waals surface area contributed by atoms with Gasteiger partial charge in [0.1, 0.15) is 5.03 Å². The molecule has 1 aromatic rings. The van der Waals surface area contributed by atoms with Crippen molar-refractivity contribution < 1.29 is 14.7 Å². The van der Waals surface area contributed by atoms with E-state index >= 15 is 0 Å². The first-order valence-corrected chi connectivity index (χ1v) is 11.7. The zero-order valence-electron chi connectivity index (χ0n) is 17.8. The summed E-state index contributed by atoms with van der Waals surface area (Å²) >= 11 is 1.58. The number of aliphatic carboxylic acids is 1. The number of aromatic nitrogens is 2. The van der Waals surface area contributed by atoms with E-state index in [9.17, 15) is 9.59 Å². The van der Waals surface area contributed by atoms with E-state index in [1.54, 1.807) is 18.0 Å². The van der Waals surface area contributed by atoms with Crippen molar-refractivity contribution >= 4 is 29.6 Å². The summed E-state index contributed by atoms with van der Waals surface area (Å²) in [4.78, 5) is 35.2. The van der Waals surface area contributed by atoms with Gasteiger partial charge in [0.2, 0.25) is 5.95 Å². The number of piperidine rings is 1. The molecule has 1 unspecified atom stereocenters. The summed E-state index contributed by atoms with van der Waals surface area (Å²) in [6.07, 6.45) is 7.51. The van der Waals surface area contributed by atoms with E-state index in [1.807, 2.05) is 0 Å². The van der Waals surface area contributed by atoms with Crippen LogP contribution in [0.3, 0.4) is 0 Å². The highest BCUT2D eigenvalue weighted by molar-refractivity contribution is 7.99. The van der Waals surface area contributed by atoms with Gasteiger partial charge in [0.25, 0.3) is 5.91 Å². The summed E-state index contributed by atoms with van der Waals surface area (Å²) in [5, 5.41) is 12.9. The molecule has 0 saturated carbocycles. The molecule has 29 heavy (non-hydrogen) atoms. The van der Waals surface area contributed by atoms with Crippen molar-refractivity contribution in [2.24, 2.45) is 5.92 Å². The largest absolute Gasteiger partial charge is 0.481 e. The van der Waals surface area contributed by atoms with Crippen molar-refractivity contribution in [2.45, 2.75) is 76.8 Å². The lowest BCUT2D eigenvalue weighted by Crippen LogP contribution is -2.38. The predicted octanol–water partition coefficient (Wildman–Crippen LogP) is 3.98. The number of hydrogen-bond donors (Lipinski definition) is 2. The quantitative estimate of drug-likeness (QED) is 0.411. The van der Waals surface area contributed by atoms with Crippen molar-refractivity contribution in [1.29, 1.82) is 0 Å². The lowest BCUT2D eigenvalue weighted by atomic mass is 9.95. The molecule has 2 atom stereocenters. The fraction of sp³-hybridized carbons (Fsp3) is 0.714. The minimum absolute atomic E-state index is 0.110. The number of nitrogens with zero attached hydrogens (tertiary/aromatic N) is 3. The molecule has 1 amide bonds. The molecule has 1 aliphatic rings. The van der Waals surface area contributed by atoms with Crippen molar-refractivity contribution in [3.05, 3.63) is 11.8 Å². The summed E-state index contributed by atoms with van der Waals surface area (Å²) in [5.74, 6) is 0.707. The van der Waals surface area contributed by atoms with Crippen LogP contribution in [0, 0.1) is 5.92 Å². The Kier molecular flexibility index (Phi) is 9.70. The third-order valence-electron chi connectivity index (χ3n) is 5.16.